The molecule has 0 aromatic carbocycles. The first-order valence-corrected chi connectivity index (χ1v) is 5.49. The fraction of sp³-hybridized carbons (Fsp3) is 0.583. The van der Waals surface area contributed by atoms with Crippen LogP contribution in [-0.4, -0.2) is 4.57 Å². The molecule has 0 bridgehead atoms. The lowest BCUT2D eigenvalue weighted by atomic mass is 10.1. The molecule has 0 unspecified atom stereocenters. The van der Waals surface area contributed by atoms with Crippen molar-refractivity contribution in [2.75, 3.05) is 0 Å². The van der Waals surface area contributed by atoms with Crippen molar-refractivity contribution in [1.29, 1.82) is 0 Å². The van der Waals surface area contributed by atoms with Gasteiger partial charge in [0, 0.05) is 31.1 Å². The van der Waals surface area contributed by atoms with Crippen LogP contribution in [0.1, 0.15) is 39.0 Å². The van der Waals surface area contributed by atoms with Crippen LogP contribution in [0.15, 0.2) is 29.3 Å². The maximum absolute atomic E-state index is 10.8. The Labute approximate surface area is 85.6 Å². The van der Waals surface area contributed by atoms with E-state index in [1.54, 1.807) is 12.1 Å². The topological polar surface area (TPSA) is 22.0 Å². The monoisotopic (exact) mass is 193 g/mol. The number of hydrogen-bond acceptors (Lipinski definition) is 1. The van der Waals surface area contributed by atoms with E-state index in [1.165, 1.54) is 32.1 Å². The first kappa shape index (κ1) is 11.0. The summed E-state index contributed by atoms with van der Waals surface area (Å²) in [5.74, 6) is 0. The largest absolute Gasteiger partial charge is 0.354 e. The quantitative estimate of drug-likeness (QED) is 0.637. The lowest BCUT2D eigenvalue weighted by Crippen LogP contribution is -2.03. The van der Waals surface area contributed by atoms with Crippen LogP contribution in [0, 0.1) is 0 Å². The van der Waals surface area contributed by atoms with Crippen molar-refractivity contribution >= 4 is 0 Å². The lowest BCUT2D eigenvalue weighted by molar-refractivity contribution is 0.566. The number of aromatic nitrogens is 1. The van der Waals surface area contributed by atoms with Crippen LogP contribution in [0.2, 0.25) is 0 Å². The molecule has 2 nitrogen and oxygen atoms in total. The second-order valence-electron chi connectivity index (χ2n) is 3.69. The molecule has 0 N–H and O–H groups in total. The van der Waals surface area contributed by atoms with Gasteiger partial charge in [0.2, 0.25) is 0 Å². The molecular formula is C12H19NO. The predicted octanol–water partition coefficient (Wildman–Crippen LogP) is 2.82. The number of hydrogen-bond donors (Lipinski definition) is 0. The van der Waals surface area contributed by atoms with Crippen molar-refractivity contribution in [2.45, 2.75) is 45.6 Å². The molecule has 0 aliphatic heterocycles. The fourth-order valence-corrected chi connectivity index (χ4v) is 1.49. The van der Waals surface area contributed by atoms with Gasteiger partial charge >= 0.3 is 0 Å². The van der Waals surface area contributed by atoms with Gasteiger partial charge in [-0.1, -0.05) is 32.6 Å². The molecule has 0 spiro atoms. The standard InChI is InChI=1S/C12H19NO/c1-2-3-4-5-6-9-13-10-7-12(14)8-11-13/h7-8,10-11H,2-6,9H2,1H3. The van der Waals surface area contributed by atoms with E-state index in [1.807, 2.05) is 12.4 Å². The average molecular weight is 193 g/mol. The van der Waals surface area contributed by atoms with Crippen molar-refractivity contribution in [1.82, 2.24) is 4.57 Å². The number of unbranched alkanes of at least 4 members (excludes halogenated alkanes) is 4. The van der Waals surface area contributed by atoms with Crippen LogP contribution in [-0.2, 0) is 6.54 Å². The Morgan fingerprint density at radius 3 is 2.36 bits per heavy atom. The molecule has 0 aliphatic rings. The van der Waals surface area contributed by atoms with E-state index in [9.17, 15) is 4.79 Å². The molecule has 0 saturated carbocycles. The molecule has 1 heterocycles. The second-order valence-corrected chi connectivity index (χ2v) is 3.69. The van der Waals surface area contributed by atoms with Crippen LogP contribution < -0.4 is 5.43 Å². The van der Waals surface area contributed by atoms with Gasteiger partial charge in [0.15, 0.2) is 5.43 Å². The van der Waals surface area contributed by atoms with Crippen molar-refractivity contribution in [2.24, 2.45) is 0 Å². The van der Waals surface area contributed by atoms with E-state index in [0.29, 0.717) is 0 Å². The maximum atomic E-state index is 10.8. The lowest BCUT2D eigenvalue weighted by Gasteiger charge is -2.04. The Hall–Kier alpha value is -1.05. The fourth-order valence-electron chi connectivity index (χ4n) is 1.49. The van der Waals surface area contributed by atoms with Gasteiger partial charge in [-0.25, -0.2) is 0 Å². The zero-order chi connectivity index (χ0) is 10.2. The summed E-state index contributed by atoms with van der Waals surface area (Å²) in [6.45, 7) is 3.26. The summed E-state index contributed by atoms with van der Waals surface area (Å²) < 4.78 is 2.08. The third-order valence-electron chi connectivity index (χ3n) is 2.38. The zero-order valence-corrected chi connectivity index (χ0v) is 8.91. The predicted molar refractivity (Wildman–Crippen MR) is 59.5 cm³/mol. The molecule has 1 rings (SSSR count). The van der Waals surface area contributed by atoms with Crippen LogP contribution in [0.5, 0.6) is 0 Å². The maximum Gasteiger partial charge on any atom is 0.181 e. The SMILES string of the molecule is CCCCCCCn1ccc(=O)cc1. The van der Waals surface area contributed by atoms with Gasteiger partial charge in [0.25, 0.3) is 0 Å². The van der Waals surface area contributed by atoms with Crippen LogP contribution in [0.25, 0.3) is 0 Å². The van der Waals surface area contributed by atoms with Crippen molar-refractivity contribution in [3.8, 4) is 0 Å². The summed E-state index contributed by atoms with van der Waals surface area (Å²) in [5, 5.41) is 0. The Balaban J connectivity index is 2.18. The number of pyridine rings is 1. The Kier molecular flexibility index (Phi) is 5.05. The molecule has 1 aromatic heterocycles. The average Bonchev–Trinajstić information content (AvgIpc) is 2.21. The van der Waals surface area contributed by atoms with Crippen LogP contribution in [0.3, 0.4) is 0 Å². The van der Waals surface area contributed by atoms with Gasteiger partial charge in [-0.15, -0.1) is 0 Å². The van der Waals surface area contributed by atoms with E-state index < -0.39 is 0 Å². The van der Waals surface area contributed by atoms with E-state index in [-0.39, 0.29) is 5.43 Å². The minimum atomic E-state index is 0.0900. The van der Waals surface area contributed by atoms with E-state index >= 15 is 0 Å². The number of nitrogens with zero attached hydrogens (tertiary/aromatic N) is 1. The summed E-state index contributed by atoms with van der Waals surface area (Å²) in [7, 11) is 0. The molecule has 1 aromatic rings. The molecule has 0 radical (unpaired) electrons. The Morgan fingerprint density at radius 1 is 1.07 bits per heavy atom. The molecule has 0 aliphatic carbocycles. The van der Waals surface area contributed by atoms with Gasteiger partial charge in [-0.2, -0.15) is 0 Å². The van der Waals surface area contributed by atoms with Crippen LogP contribution in [0.4, 0.5) is 0 Å². The van der Waals surface area contributed by atoms with Gasteiger partial charge in [0.05, 0.1) is 0 Å². The highest BCUT2D eigenvalue weighted by molar-refractivity contribution is 4.93. The molecule has 2 heteroatoms. The van der Waals surface area contributed by atoms with Crippen molar-refractivity contribution in [3.63, 3.8) is 0 Å². The van der Waals surface area contributed by atoms with E-state index in [0.717, 1.165) is 6.54 Å². The Morgan fingerprint density at radius 2 is 1.71 bits per heavy atom. The second kappa shape index (κ2) is 6.41. The first-order chi connectivity index (χ1) is 6.83. The van der Waals surface area contributed by atoms with Gasteiger partial charge in [-0.3, -0.25) is 4.79 Å². The van der Waals surface area contributed by atoms with Gasteiger partial charge in [-0.05, 0) is 6.42 Å². The molecule has 0 atom stereocenters. The van der Waals surface area contributed by atoms with E-state index in [4.69, 9.17) is 0 Å². The van der Waals surface area contributed by atoms with Crippen molar-refractivity contribution in [3.05, 3.63) is 34.7 Å². The van der Waals surface area contributed by atoms with Crippen molar-refractivity contribution < 1.29 is 0 Å². The number of rotatable bonds is 6. The summed E-state index contributed by atoms with van der Waals surface area (Å²) >= 11 is 0. The first-order valence-electron chi connectivity index (χ1n) is 5.49. The highest BCUT2D eigenvalue weighted by Gasteiger charge is 1.90. The minimum Gasteiger partial charge on any atom is -0.354 e. The highest BCUT2D eigenvalue weighted by Crippen LogP contribution is 2.03. The molecule has 14 heavy (non-hydrogen) atoms. The third-order valence-corrected chi connectivity index (χ3v) is 2.38. The van der Waals surface area contributed by atoms with E-state index in [2.05, 4.69) is 11.5 Å². The smallest absolute Gasteiger partial charge is 0.181 e. The summed E-state index contributed by atoms with van der Waals surface area (Å²) in [4.78, 5) is 10.8. The Bertz CT molecular complexity index is 283. The summed E-state index contributed by atoms with van der Waals surface area (Å²) in [6.07, 6.45) is 10.2. The van der Waals surface area contributed by atoms with Gasteiger partial charge < -0.3 is 4.57 Å². The normalized spacial score (nSPS) is 10.4. The summed E-state index contributed by atoms with van der Waals surface area (Å²) in [5.41, 5.74) is 0.0900. The van der Waals surface area contributed by atoms with Gasteiger partial charge in [0.1, 0.15) is 0 Å². The molecular weight excluding hydrogens is 174 g/mol. The summed E-state index contributed by atoms with van der Waals surface area (Å²) in [6, 6.07) is 3.23. The molecule has 0 amide bonds. The minimum absolute atomic E-state index is 0.0900. The highest BCUT2D eigenvalue weighted by atomic mass is 16.1. The third kappa shape index (κ3) is 4.26. The molecule has 78 valence electrons. The molecule has 0 fully saturated rings. The van der Waals surface area contributed by atoms with Crippen LogP contribution >= 0.6 is 0 Å². The zero-order valence-electron chi connectivity index (χ0n) is 8.91. The molecule has 0 saturated heterocycles. The number of aryl methyl sites for hydroxylation is 1.